The number of hydrogen-bond acceptors (Lipinski definition) is 4. The number of ether oxygens (including phenoxy) is 1. The van der Waals surface area contributed by atoms with Crippen LogP contribution in [0.2, 0.25) is 10.2 Å². The van der Waals surface area contributed by atoms with E-state index in [1.807, 2.05) is 31.4 Å². The first-order valence-corrected chi connectivity index (χ1v) is 7.91. The monoisotopic (exact) mass is 338 g/mol. The van der Waals surface area contributed by atoms with Gasteiger partial charge in [0.15, 0.2) is 5.82 Å². The summed E-state index contributed by atoms with van der Waals surface area (Å²) in [7, 11) is 1.61. The molecule has 0 aliphatic carbocycles. The van der Waals surface area contributed by atoms with Crippen LogP contribution in [0.4, 0.5) is 0 Å². The summed E-state index contributed by atoms with van der Waals surface area (Å²) in [5, 5.41) is 3.87. The van der Waals surface area contributed by atoms with Gasteiger partial charge in [-0.25, -0.2) is 9.97 Å². The topological polar surface area (TPSA) is 35.0 Å². The van der Waals surface area contributed by atoms with Crippen molar-refractivity contribution in [1.82, 2.24) is 9.97 Å². The normalized spacial score (nSPS) is 11.1. The first-order chi connectivity index (χ1) is 10.0. The van der Waals surface area contributed by atoms with Crippen molar-refractivity contribution in [2.24, 2.45) is 0 Å². The Morgan fingerprint density at radius 1 is 1.10 bits per heavy atom. The molecule has 0 bridgehead atoms. The summed E-state index contributed by atoms with van der Waals surface area (Å²) >= 11 is 14.2. The van der Waals surface area contributed by atoms with Gasteiger partial charge in [-0.1, -0.05) is 29.3 Å². The first kappa shape index (κ1) is 14.6. The highest BCUT2D eigenvalue weighted by Crippen LogP contribution is 2.38. The van der Waals surface area contributed by atoms with E-state index in [4.69, 9.17) is 27.9 Å². The van der Waals surface area contributed by atoms with Crippen molar-refractivity contribution >= 4 is 45.4 Å². The highest BCUT2D eigenvalue weighted by Gasteiger charge is 2.17. The molecule has 2 aromatic heterocycles. The van der Waals surface area contributed by atoms with Gasteiger partial charge in [-0.2, -0.15) is 0 Å². The Morgan fingerprint density at radius 2 is 1.86 bits per heavy atom. The minimum absolute atomic E-state index is 0.411. The lowest BCUT2D eigenvalue weighted by Gasteiger charge is -2.10. The fraction of sp³-hybridized carbons (Fsp3) is 0.200. The molecule has 6 heteroatoms. The fourth-order valence-electron chi connectivity index (χ4n) is 2.17. The third-order valence-corrected chi connectivity index (χ3v) is 5.27. The van der Waals surface area contributed by atoms with E-state index in [0.717, 1.165) is 21.4 Å². The highest BCUT2D eigenvalue weighted by atomic mass is 35.5. The molecule has 0 aliphatic heterocycles. The van der Waals surface area contributed by atoms with Crippen LogP contribution < -0.4 is 4.74 Å². The van der Waals surface area contributed by atoms with Crippen molar-refractivity contribution in [2.45, 2.75) is 13.8 Å². The van der Waals surface area contributed by atoms with E-state index in [9.17, 15) is 0 Å². The van der Waals surface area contributed by atoms with Crippen LogP contribution in [0.5, 0.6) is 5.75 Å². The lowest BCUT2D eigenvalue weighted by Crippen LogP contribution is -1.95. The lowest BCUT2D eigenvalue weighted by molar-refractivity contribution is 0.419. The zero-order valence-electron chi connectivity index (χ0n) is 11.7. The molecule has 0 saturated carbocycles. The summed E-state index contributed by atoms with van der Waals surface area (Å²) in [5.74, 6) is 1.20. The fourth-order valence-corrected chi connectivity index (χ4v) is 3.70. The average molecular weight is 339 g/mol. The molecule has 0 saturated heterocycles. The van der Waals surface area contributed by atoms with E-state index in [0.29, 0.717) is 27.3 Å². The molecule has 0 amide bonds. The van der Waals surface area contributed by atoms with Crippen molar-refractivity contribution in [3.05, 3.63) is 38.8 Å². The summed E-state index contributed by atoms with van der Waals surface area (Å²) < 4.78 is 5.39. The van der Waals surface area contributed by atoms with Crippen LogP contribution >= 0.6 is 34.5 Å². The summed E-state index contributed by atoms with van der Waals surface area (Å²) in [6.07, 6.45) is 0. The van der Waals surface area contributed by atoms with Crippen molar-refractivity contribution in [1.29, 1.82) is 0 Å². The second-order valence-corrected chi connectivity index (χ2v) is 6.32. The van der Waals surface area contributed by atoms with Gasteiger partial charge in [-0.05, 0) is 36.4 Å². The predicted molar refractivity (Wildman–Crippen MR) is 88.9 cm³/mol. The minimum Gasteiger partial charge on any atom is -0.494 e. The highest BCUT2D eigenvalue weighted by molar-refractivity contribution is 7.14. The number of nitrogens with zero attached hydrogens (tertiary/aromatic N) is 2. The van der Waals surface area contributed by atoms with Gasteiger partial charge in [-0.3, -0.25) is 0 Å². The Morgan fingerprint density at radius 3 is 2.48 bits per heavy atom. The van der Waals surface area contributed by atoms with Gasteiger partial charge in [0.1, 0.15) is 16.4 Å². The summed E-state index contributed by atoms with van der Waals surface area (Å²) in [6, 6.07) is 3.82. The molecule has 3 rings (SSSR count). The van der Waals surface area contributed by atoms with Crippen LogP contribution in [0.25, 0.3) is 21.6 Å². The largest absolute Gasteiger partial charge is 0.494 e. The maximum Gasteiger partial charge on any atom is 0.173 e. The molecule has 0 N–H and O–H groups in total. The Hall–Kier alpha value is -1.36. The molecule has 0 spiro atoms. The molecule has 2 heterocycles. The zero-order chi connectivity index (χ0) is 15.1. The third-order valence-electron chi connectivity index (χ3n) is 3.30. The number of thiophene rings is 1. The number of halogens is 2. The molecular weight excluding hydrogens is 327 g/mol. The van der Waals surface area contributed by atoms with E-state index in [1.165, 1.54) is 11.3 Å². The van der Waals surface area contributed by atoms with Gasteiger partial charge in [0.25, 0.3) is 0 Å². The second kappa shape index (κ2) is 5.44. The molecular formula is C15H12Cl2N2OS. The van der Waals surface area contributed by atoms with Crippen LogP contribution in [0.15, 0.2) is 17.5 Å². The van der Waals surface area contributed by atoms with Gasteiger partial charge in [0.2, 0.25) is 0 Å². The number of methoxy groups -OCH3 is 1. The zero-order valence-corrected chi connectivity index (χ0v) is 14.0. The van der Waals surface area contributed by atoms with Crippen molar-refractivity contribution in [3.63, 3.8) is 0 Å². The Kier molecular flexibility index (Phi) is 3.78. The molecule has 21 heavy (non-hydrogen) atoms. The number of aromatic nitrogens is 2. The molecule has 0 aliphatic rings. The van der Waals surface area contributed by atoms with E-state index >= 15 is 0 Å². The standard InChI is InChI=1S/C15H12Cl2N2OS/c1-7-4-5-9(20-3)12-10(7)14(17)19-15(18-12)13-11(16)8(2)6-21-13/h4-6H,1-3H3. The molecule has 3 nitrogen and oxygen atoms in total. The van der Waals surface area contributed by atoms with Crippen LogP contribution in [-0.4, -0.2) is 17.1 Å². The number of fused-ring (bicyclic) bond motifs is 1. The summed E-state index contributed by atoms with van der Waals surface area (Å²) in [5.41, 5.74) is 2.72. The molecule has 0 radical (unpaired) electrons. The maximum atomic E-state index is 6.36. The molecule has 0 fully saturated rings. The minimum atomic E-state index is 0.411. The first-order valence-electron chi connectivity index (χ1n) is 6.27. The van der Waals surface area contributed by atoms with Gasteiger partial charge in [0.05, 0.1) is 17.0 Å². The maximum absolute atomic E-state index is 6.36. The lowest BCUT2D eigenvalue weighted by atomic mass is 10.1. The van der Waals surface area contributed by atoms with Crippen LogP contribution in [0.1, 0.15) is 11.1 Å². The molecule has 1 aromatic carbocycles. The molecule has 0 atom stereocenters. The average Bonchev–Trinajstić information content (AvgIpc) is 2.79. The Balaban J connectivity index is 2.35. The summed E-state index contributed by atoms with van der Waals surface area (Å²) in [6.45, 7) is 3.93. The van der Waals surface area contributed by atoms with Crippen LogP contribution in [-0.2, 0) is 0 Å². The smallest absolute Gasteiger partial charge is 0.173 e. The van der Waals surface area contributed by atoms with E-state index < -0.39 is 0 Å². The Bertz CT molecular complexity index is 845. The van der Waals surface area contributed by atoms with E-state index in [-0.39, 0.29) is 0 Å². The number of benzene rings is 1. The quantitative estimate of drug-likeness (QED) is 0.595. The van der Waals surface area contributed by atoms with E-state index in [2.05, 4.69) is 9.97 Å². The van der Waals surface area contributed by atoms with Gasteiger partial charge in [-0.15, -0.1) is 11.3 Å². The third kappa shape index (κ3) is 2.37. The van der Waals surface area contributed by atoms with Crippen molar-refractivity contribution in [2.75, 3.05) is 7.11 Å². The summed E-state index contributed by atoms with van der Waals surface area (Å²) in [4.78, 5) is 9.85. The number of rotatable bonds is 2. The van der Waals surface area contributed by atoms with Gasteiger partial charge >= 0.3 is 0 Å². The van der Waals surface area contributed by atoms with Crippen LogP contribution in [0, 0.1) is 13.8 Å². The second-order valence-electron chi connectivity index (χ2n) is 4.71. The van der Waals surface area contributed by atoms with Gasteiger partial charge in [0, 0.05) is 5.39 Å². The Labute approximate surface area is 136 Å². The van der Waals surface area contributed by atoms with E-state index in [1.54, 1.807) is 7.11 Å². The number of aryl methyl sites for hydroxylation is 2. The molecule has 0 unspecified atom stereocenters. The number of hydrogen-bond donors (Lipinski definition) is 0. The van der Waals surface area contributed by atoms with Crippen molar-refractivity contribution in [3.8, 4) is 16.5 Å². The SMILES string of the molecule is COc1ccc(C)c2c(Cl)nc(-c3scc(C)c3Cl)nc12. The molecule has 3 aromatic rings. The van der Waals surface area contributed by atoms with Crippen LogP contribution in [0.3, 0.4) is 0 Å². The molecule has 108 valence electrons. The van der Waals surface area contributed by atoms with Crippen molar-refractivity contribution < 1.29 is 4.74 Å². The van der Waals surface area contributed by atoms with Gasteiger partial charge < -0.3 is 4.74 Å². The predicted octanol–water partition coefficient (Wildman–Crippen LogP) is 5.29.